The summed E-state index contributed by atoms with van der Waals surface area (Å²) in [7, 11) is 0. The lowest BCUT2D eigenvalue weighted by atomic mass is 9.95. The molecule has 0 radical (unpaired) electrons. The Balaban J connectivity index is 1.56. The number of ether oxygens (including phenoxy) is 3. The predicted octanol–water partition coefficient (Wildman–Crippen LogP) is 0.615. The van der Waals surface area contributed by atoms with Crippen molar-refractivity contribution in [3.63, 3.8) is 0 Å². The van der Waals surface area contributed by atoms with Crippen LogP contribution in [0.4, 0.5) is 0 Å². The number of morpholine rings is 1. The summed E-state index contributed by atoms with van der Waals surface area (Å²) < 4.78 is 18.1. The number of amides is 1. The van der Waals surface area contributed by atoms with Crippen molar-refractivity contribution in [3.8, 4) is 0 Å². The molecule has 158 valence electrons. The van der Waals surface area contributed by atoms with E-state index in [-0.39, 0.29) is 11.4 Å². The number of thioether (sulfide) groups is 1. The van der Waals surface area contributed by atoms with E-state index < -0.39 is 6.29 Å². The Morgan fingerprint density at radius 3 is 2.75 bits per heavy atom. The molecule has 1 amide bonds. The van der Waals surface area contributed by atoms with Crippen LogP contribution in [0.5, 0.6) is 0 Å². The lowest BCUT2D eigenvalue weighted by Gasteiger charge is -2.42. The Morgan fingerprint density at radius 2 is 2.11 bits per heavy atom. The monoisotopic (exact) mass is 413 g/mol. The third-order valence-corrected chi connectivity index (χ3v) is 6.39. The van der Waals surface area contributed by atoms with Gasteiger partial charge >= 0.3 is 0 Å². The molecule has 2 fully saturated rings. The van der Waals surface area contributed by atoms with E-state index in [9.17, 15) is 4.79 Å². The van der Waals surface area contributed by atoms with Crippen LogP contribution in [-0.2, 0) is 20.8 Å². The fourth-order valence-corrected chi connectivity index (χ4v) is 5.12. The molecule has 1 atom stereocenters. The summed E-state index contributed by atoms with van der Waals surface area (Å²) in [5, 5.41) is 11.1. The number of aromatic nitrogens is 3. The highest BCUT2D eigenvalue weighted by molar-refractivity contribution is 7.99. The second kappa shape index (κ2) is 10.5. The first kappa shape index (κ1) is 21.5. The van der Waals surface area contributed by atoms with Crippen molar-refractivity contribution >= 4 is 17.7 Å². The Kier molecular flexibility index (Phi) is 8.10. The minimum atomic E-state index is -0.396. The summed E-state index contributed by atoms with van der Waals surface area (Å²) in [4.78, 5) is 15.1. The van der Waals surface area contributed by atoms with Gasteiger partial charge in [-0.1, -0.05) is 5.21 Å². The molecule has 2 saturated heterocycles. The normalized spacial score (nSPS) is 23.4. The van der Waals surface area contributed by atoms with E-state index in [1.807, 2.05) is 25.6 Å². The minimum absolute atomic E-state index is 0.00906. The number of nitrogens with zero attached hydrogens (tertiary/aromatic N) is 4. The molecule has 1 aromatic heterocycles. The molecular weight excluding hydrogens is 382 g/mol. The van der Waals surface area contributed by atoms with Crippen LogP contribution in [0.25, 0.3) is 0 Å². The fourth-order valence-electron chi connectivity index (χ4n) is 3.64. The molecule has 0 aliphatic carbocycles. The van der Waals surface area contributed by atoms with Crippen molar-refractivity contribution in [1.29, 1.82) is 0 Å². The number of rotatable bonds is 10. The SMILES string of the molecule is CCOC(Cn1cc(C(=O)NCC2(N3CCOCC3)CCSC2)nn1)OCC. The zero-order valence-corrected chi connectivity index (χ0v) is 17.6. The van der Waals surface area contributed by atoms with Crippen molar-refractivity contribution in [3.05, 3.63) is 11.9 Å². The lowest BCUT2D eigenvalue weighted by Crippen LogP contribution is -2.59. The number of hydrogen-bond donors (Lipinski definition) is 1. The number of hydrogen-bond acceptors (Lipinski definition) is 8. The van der Waals surface area contributed by atoms with Gasteiger partial charge in [0.25, 0.3) is 5.91 Å². The molecule has 1 unspecified atom stereocenters. The third kappa shape index (κ3) is 5.44. The van der Waals surface area contributed by atoms with Crippen molar-refractivity contribution in [2.24, 2.45) is 0 Å². The highest BCUT2D eigenvalue weighted by Gasteiger charge is 2.41. The first-order valence-corrected chi connectivity index (χ1v) is 11.1. The van der Waals surface area contributed by atoms with Crippen LogP contribution in [0, 0.1) is 0 Å². The molecule has 2 aliphatic rings. The van der Waals surface area contributed by atoms with Gasteiger partial charge in [0.05, 0.1) is 26.0 Å². The third-order valence-electron chi connectivity index (χ3n) is 5.15. The second-order valence-corrected chi connectivity index (χ2v) is 8.08. The van der Waals surface area contributed by atoms with Gasteiger partial charge < -0.3 is 19.5 Å². The summed E-state index contributed by atoms with van der Waals surface area (Å²) in [5.74, 6) is 1.96. The fraction of sp³-hybridized carbons (Fsp3) is 0.833. The number of nitrogens with one attached hydrogen (secondary N) is 1. The maximum atomic E-state index is 12.6. The quantitative estimate of drug-likeness (QED) is 0.558. The van der Waals surface area contributed by atoms with Gasteiger partial charge in [-0.3, -0.25) is 9.69 Å². The smallest absolute Gasteiger partial charge is 0.273 e. The molecule has 0 saturated carbocycles. The molecule has 28 heavy (non-hydrogen) atoms. The highest BCUT2D eigenvalue weighted by Crippen LogP contribution is 2.33. The van der Waals surface area contributed by atoms with Crippen molar-refractivity contribution < 1.29 is 19.0 Å². The zero-order valence-electron chi connectivity index (χ0n) is 16.8. The molecule has 1 aromatic rings. The van der Waals surface area contributed by atoms with Crippen molar-refractivity contribution in [1.82, 2.24) is 25.2 Å². The first-order valence-electron chi connectivity index (χ1n) is 9.99. The van der Waals surface area contributed by atoms with Crippen molar-refractivity contribution in [2.45, 2.75) is 38.6 Å². The average molecular weight is 414 g/mol. The van der Waals surface area contributed by atoms with Crippen LogP contribution in [0.15, 0.2) is 6.20 Å². The van der Waals surface area contributed by atoms with Gasteiger partial charge in [-0.2, -0.15) is 11.8 Å². The van der Waals surface area contributed by atoms with Gasteiger partial charge in [0, 0.05) is 44.1 Å². The van der Waals surface area contributed by atoms with Crippen molar-refractivity contribution in [2.75, 3.05) is 57.6 Å². The average Bonchev–Trinajstić information content (AvgIpc) is 3.38. The van der Waals surface area contributed by atoms with E-state index in [1.54, 1.807) is 10.9 Å². The van der Waals surface area contributed by atoms with E-state index >= 15 is 0 Å². The molecule has 0 aromatic carbocycles. The molecule has 10 heteroatoms. The van der Waals surface area contributed by atoms with Gasteiger partial charge in [-0.15, -0.1) is 5.10 Å². The summed E-state index contributed by atoms with van der Waals surface area (Å²) in [5.41, 5.74) is 0.323. The lowest BCUT2D eigenvalue weighted by molar-refractivity contribution is -0.145. The summed E-state index contributed by atoms with van der Waals surface area (Å²) in [6.07, 6.45) is 2.33. The van der Waals surface area contributed by atoms with Crippen LogP contribution >= 0.6 is 11.8 Å². The molecule has 2 aliphatic heterocycles. The minimum Gasteiger partial charge on any atom is -0.379 e. The molecule has 0 bridgehead atoms. The summed E-state index contributed by atoms with van der Waals surface area (Å²) in [6.45, 7) is 9.30. The molecule has 9 nitrogen and oxygen atoms in total. The van der Waals surface area contributed by atoms with Gasteiger partial charge in [-0.05, 0) is 26.0 Å². The topological polar surface area (TPSA) is 90.7 Å². The standard InChI is InChI=1S/C18H31N5O4S/c1-3-26-16(27-4-2)12-23-11-15(20-21-23)17(24)19-13-18(5-10-28-14-18)22-6-8-25-9-7-22/h11,16H,3-10,12-14H2,1-2H3,(H,19,24). The maximum Gasteiger partial charge on any atom is 0.273 e. The van der Waals surface area contributed by atoms with Crippen LogP contribution in [-0.4, -0.2) is 95.2 Å². The van der Waals surface area contributed by atoms with Crippen LogP contribution in [0.1, 0.15) is 30.8 Å². The molecule has 3 rings (SSSR count). The van der Waals surface area contributed by atoms with Crippen LogP contribution in [0.3, 0.4) is 0 Å². The summed E-state index contributed by atoms with van der Waals surface area (Å²) >= 11 is 1.95. The van der Waals surface area contributed by atoms with E-state index in [4.69, 9.17) is 14.2 Å². The van der Waals surface area contributed by atoms with Gasteiger partial charge in [0.2, 0.25) is 0 Å². The van der Waals surface area contributed by atoms with Crippen LogP contribution < -0.4 is 5.32 Å². The van der Waals surface area contributed by atoms with E-state index in [0.717, 1.165) is 44.2 Å². The van der Waals surface area contributed by atoms with Crippen LogP contribution in [0.2, 0.25) is 0 Å². The zero-order chi connectivity index (χ0) is 19.8. The Labute approximate surface area is 170 Å². The Morgan fingerprint density at radius 1 is 1.36 bits per heavy atom. The van der Waals surface area contributed by atoms with Gasteiger partial charge in [0.1, 0.15) is 0 Å². The predicted molar refractivity (Wildman–Crippen MR) is 106 cm³/mol. The van der Waals surface area contributed by atoms with E-state index in [0.29, 0.717) is 32.0 Å². The molecule has 3 heterocycles. The Hall–Kier alpha value is -1.20. The maximum absolute atomic E-state index is 12.6. The number of carbonyl (C=O) groups is 1. The van der Waals surface area contributed by atoms with E-state index in [2.05, 4.69) is 20.5 Å². The molecule has 0 spiro atoms. The first-order chi connectivity index (χ1) is 13.7. The molecular formula is C18H31N5O4S. The van der Waals surface area contributed by atoms with Gasteiger partial charge in [-0.25, -0.2) is 4.68 Å². The largest absolute Gasteiger partial charge is 0.379 e. The highest BCUT2D eigenvalue weighted by atomic mass is 32.2. The van der Waals surface area contributed by atoms with Gasteiger partial charge in [0.15, 0.2) is 12.0 Å². The Bertz CT molecular complexity index is 611. The summed E-state index contributed by atoms with van der Waals surface area (Å²) in [6, 6.07) is 0. The molecule has 1 N–H and O–H groups in total. The second-order valence-electron chi connectivity index (χ2n) is 6.98. The number of carbonyl (C=O) groups excluding carboxylic acids is 1. The van der Waals surface area contributed by atoms with E-state index in [1.165, 1.54) is 0 Å².